The number of hydrogen-bond acceptors (Lipinski definition) is 2. The number of carbonyl (C=O) groups is 1. The minimum absolute atomic E-state index is 0.175. The van der Waals surface area contributed by atoms with Crippen molar-refractivity contribution < 1.29 is 4.79 Å². The van der Waals surface area contributed by atoms with Crippen LogP contribution in [0.3, 0.4) is 0 Å². The predicted molar refractivity (Wildman–Crippen MR) is 69.9 cm³/mol. The molecule has 0 aliphatic carbocycles. The maximum absolute atomic E-state index is 12.0. The number of aromatic amines is 1. The van der Waals surface area contributed by atoms with Crippen LogP contribution in [0.4, 0.5) is 5.69 Å². The van der Waals surface area contributed by atoms with Crippen LogP contribution in [0.25, 0.3) is 10.9 Å². The van der Waals surface area contributed by atoms with Gasteiger partial charge in [-0.3, -0.25) is 4.79 Å². The molecule has 0 bridgehead atoms. The molecule has 4 heteroatoms. The molecule has 17 heavy (non-hydrogen) atoms. The summed E-state index contributed by atoms with van der Waals surface area (Å²) < 4.78 is 0. The lowest BCUT2D eigenvalue weighted by Gasteiger charge is -2.20. The summed E-state index contributed by atoms with van der Waals surface area (Å²) >= 11 is 0. The molecular formula is C13H17N3O. The fourth-order valence-corrected chi connectivity index (χ4v) is 1.75. The van der Waals surface area contributed by atoms with Gasteiger partial charge in [0.25, 0.3) is 5.91 Å². The average Bonchev–Trinajstić information content (AvgIpc) is 2.55. The summed E-state index contributed by atoms with van der Waals surface area (Å²) in [7, 11) is 0. The summed E-state index contributed by atoms with van der Waals surface area (Å²) in [5, 5.41) is 3.77. The molecule has 0 aliphatic rings. The zero-order valence-corrected chi connectivity index (χ0v) is 10.3. The Morgan fingerprint density at radius 3 is 2.53 bits per heavy atom. The third-order valence-corrected chi connectivity index (χ3v) is 2.46. The lowest BCUT2D eigenvalue weighted by Crippen LogP contribution is -2.40. The molecule has 1 aromatic carbocycles. The van der Waals surface area contributed by atoms with E-state index < -0.39 is 0 Å². The highest BCUT2D eigenvalue weighted by molar-refractivity contribution is 6.07. The molecule has 90 valence electrons. The van der Waals surface area contributed by atoms with Gasteiger partial charge in [-0.15, -0.1) is 0 Å². The Balaban J connectivity index is 2.43. The Hall–Kier alpha value is -1.97. The summed E-state index contributed by atoms with van der Waals surface area (Å²) in [5.41, 5.74) is 7.50. The van der Waals surface area contributed by atoms with Gasteiger partial charge < -0.3 is 16.0 Å². The van der Waals surface area contributed by atoms with E-state index in [1.807, 2.05) is 45.0 Å². The van der Waals surface area contributed by atoms with Crippen molar-refractivity contribution in [2.45, 2.75) is 26.3 Å². The molecule has 0 aliphatic heterocycles. The van der Waals surface area contributed by atoms with Gasteiger partial charge in [-0.05, 0) is 26.8 Å². The van der Waals surface area contributed by atoms with Gasteiger partial charge in [0.1, 0.15) is 5.69 Å². The number of H-pyrrole nitrogens is 1. The van der Waals surface area contributed by atoms with Crippen molar-refractivity contribution >= 4 is 22.5 Å². The van der Waals surface area contributed by atoms with Crippen LogP contribution < -0.4 is 11.1 Å². The highest BCUT2D eigenvalue weighted by Crippen LogP contribution is 2.24. The third kappa shape index (κ3) is 2.25. The molecule has 0 atom stereocenters. The number of anilines is 1. The Morgan fingerprint density at radius 2 is 1.94 bits per heavy atom. The number of fused-ring (bicyclic) bond motifs is 1. The van der Waals surface area contributed by atoms with Crippen LogP contribution in [0.15, 0.2) is 24.3 Å². The first kappa shape index (κ1) is 11.5. The summed E-state index contributed by atoms with van der Waals surface area (Å²) in [4.78, 5) is 15.1. The fraction of sp³-hybridized carbons (Fsp3) is 0.308. The van der Waals surface area contributed by atoms with Crippen LogP contribution in [0.2, 0.25) is 0 Å². The number of rotatable bonds is 1. The highest BCUT2D eigenvalue weighted by Gasteiger charge is 2.19. The number of aromatic nitrogens is 1. The number of nitrogens with one attached hydrogen (secondary N) is 2. The molecule has 0 saturated heterocycles. The number of nitrogens with two attached hydrogens (primary N) is 1. The summed E-state index contributed by atoms with van der Waals surface area (Å²) in [6, 6.07) is 7.61. The first-order chi connectivity index (χ1) is 7.88. The number of amides is 1. The van der Waals surface area contributed by atoms with E-state index >= 15 is 0 Å². The first-order valence-electron chi connectivity index (χ1n) is 5.57. The SMILES string of the molecule is CC(C)(C)NC(=O)c1[nH]c2ccccc2c1N. The smallest absolute Gasteiger partial charge is 0.270 e. The van der Waals surface area contributed by atoms with Crippen molar-refractivity contribution in [3.05, 3.63) is 30.0 Å². The second kappa shape index (κ2) is 3.80. The van der Waals surface area contributed by atoms with Gasteiger partial charge in [0, 0.05) is 16.4 Å². The van der Waals surface area contributed by atoms with Gasteiger partial charge in [0.05, 0.1) is 5.69 Å². The molecule has 1 heterocycles. The molecule has 1 amide bonds. The van der Waals surface area contributed by atoms with Crippen LogP contribution in [0.5, 0.6) is 0 Å². The van der Waals surface area contributed by atoms with Gasteiger partial charge in [-0.2, -0.15) is 0 Å². The van der Waals surface area contributed by atoms with Crippen LogP contribution in [0.1, 0.15) is 31.3 Å². The number of carbonyl (C=O) groups excluding carboxylic acids is 1. The van der Waals surface area contributed by atoms with Gasteiger partial charge in [0.15, 0.2) is 0 Å². The zero-order valence-electron chi connectivity index (χ0n) is 10.3. The number of benzene rings is 1. The molecule has 2 rings (SSSR count). The van der Waals surface area contributed by atoms with Gasteiger partial charge >= 0.3 is 0 Å². The molecule has 4 nitrogen and oxygen atoms in total. The fourth-order valence-electron chi connectivity index (χ4n) is 1.75. The van der Waals surface area contributed by atoms with Gasteiger partial charge in [0.2, 0.25) is 0 Å². The van der Waals surface area contributed by atoms with Crippen LogP contribution in [-0.2, 0) is 0 Å². The van der Waals surface area contributed by atoms with E-state index in [1.165, 1.54) is 0 Å². The predicted octanol–water partition coefficient (Wildman–Crippen LogP) is 2.28. The van der Waals surface area contributed by atoms with Crippen molar-refractivity contribution in [2.75, 3.05) is 5.73 Å². The Kier molecular flexibility index (Phi) is 2.58. The lowest BCUT2D eigenvalue weighted by atomic mass is 10.1. The van der Waals surface area contributed by atoms with E-state index in [0.717, 1.165) is 10.9 Å². The van der Waals surface area contributed by atoms with Crippen molar-refractivity contribution in [2.24, 2.45) is 0 Å². The summed E-state index contributed by atoms with van der Waals surface area (Å²) in [6.45, 7) is 5.80. The minimum Gasteiger partial charge on any atom is -0.396 e. The Labute approximate surface area is 100 Å². The molecule has 0 fully saturated rings. The molecule has 4 N–H and O–H groups in total. The second-order valence-corrected chi connectivity index (χ2v) is 5.16. The summed E-state index contributed by atoms with van der Waals surface area (Å²) in [6.07, 6.45) is 0. The average molecular weight is 231 g/mol. The number of para-hydroxylation sites is 1. The second-order valence-electron chi connectivity index (χ2n) is 5.16. The lowest BCUT2D eigenvalue weighted by molar-refractivity contribution is 0.0916. The highest BCUT2D eigenvalue weighted by atomic mass is 16.2. The molecule has 1 aromatic heterocycles. The zero-order chi connectivity index (χ0) is 12.6. The van der Waals surface area contributed by atoms with E-state index in [-0.39, 0.29) is 11.4 Å². The Bertz CT molecular complexity index is 564. The molecule has 0 spiro atoms. The minimum atomic E-state index is -0.277. The van der Waals surface area contributed by atoms with Crippen molar-refractivity contribution in [3.63, 3.8) is 0 Å². The third-order valence-electron chi connectivity index (χ3n) is 2.46. The maximum atomic E-state index is 12.0. The van der Waals surface area contributed by atoms with Crippen LogP contribution in [0, 0.1) is 0 Å². The quantitative estimate of drug-likeness (QED) is 0.704. The van der Waals surface area contributed by atoms with Crippen LogP contribution in [-0.4, -0.2) is 16.4 Å². The molecule has 2 aromatic rings. The number of nitrogen functional groups attached to an aromatic ring is 1. The van der Waals surface area contributed by atoms with Gasteiger partial charge in [-0.1, -0.05) is 18.2 Å². The topological polar surface area (TPSA) is 70.9 Å². The van der Waals surface area contributed by atoms with E-state index in [1.54, 1.807) is 0 Å². The van der Waals surface area contributed by atoms with Crippen molar-refractivity contribution in [1.29, 1.82) is 0 Å². The summed E-state index contributed by atoms with van der Waals surface area (Å²) in [5.74, 6) is -0.175. The molecule has 0 unspecified atom stereocenters. The normalized spacial score (nSPS) is 11.7. The first-order valence-corrected chi connectivity index (χ1v) is 5.57. The standard InChI is InChI=1S/C13H17N3O/c1-13(2,3)16-12(17)11-10(14)8-6-4-5-7-9(8)15-11/h4-7,15H,14H2,1-3H3,(H,16,17). The van der Waals surface area contributed by atoms with E-state index in [0.29, 0.717) is 11.4 Å². The monoisotopic (exact) mass is 231 g/mol. The van der Waals surface area contributed by atoms with E-state index in [4.69, 9.17) is 5.73 Å². The molecule has 0 saturated carbocycles. The molecular weight excluding hydrogens is 214 g/mol. The number of hydrogen-bond donors (Lipinski definition) is 3. The van der Waals surface area contributed by atoms with E-state index in [2.05, 4.69) is 10.3 Å². The molecule has 0 radical (unpaired) electrons. The van der Waals surface area contributed by atoms with Crippen molar-refractivity contribution in [1.82, 2.24) is 10.3 Å². The Morgan fingerprint density at radius 1 is 1.29 bits per heavy atom. The largest absolute Gasteiger partial charge is 0.396 e. The van der Waals surface area contributed by atoms with Crippen molar-refractivity contribution in [3.8, 4) is 0 Å². The van der Waals surface area contributed by atoms with Gasteiger partial charge in [-0.25, -0.2) is 0 Å². The maximum Gasteiger partial charge on any atom is 0.270 e. The van der Waals surface area contributed by atoms with E-state index in [9.17, 15) is 4.79 Å². The van der Waals surface area contributed by atoms with Crippen LogP contribution >= 0.6 is 0 Å².